The minimum Gasteiger partial charge on any atom is -0.382 e. The summed E-state index contributed by atoms with van der Waals surface area (Å²) >= 11 is 0. The maximum atomic E-state index is 5.94. The molecule has 16 heavy (non-hydrogen) atoms. The van der Waals surface area contributed by atoms with Crippen molar-refractivity contribution in [1.29, 1.82) is 0 Å². The number of anilines is 1. The van der Waals surface area contributed by atoms with Crippen molar-refractivity contribution in [2.24, 2.45) is 7.05 Å². The highest BCUT2D eigenvalue weighted by molar-refractivity contribution is 5.91. The summed E-state index contributed by atoms with van der Waals surface area (Å²) in [5.74, 6) is 0.590. The maximum Gasteiger partial charge on any atom is 0.160 e. The number of nitrogens with one attached hydrogen (secondary N) is 1. The number of nitrogens with two attached hydrogens (primary N) is 1. The van der Waals surface area contributed by atoms with Crippen molar-refractivity contribution in [3.63, 3.8) is 0 Å². The van der Waals surface area contributed by atoms with E-state index >= 15 is 0 Å². The Morgan fingerprint density at radius 3 is 2.88 bits per heavy atom. The van der Waals surface area contributed by atoms with E-state index in [2.05, 4.69) is 22.3 Å². The summed E-state index contributed by atoms with van der Waals surface area (Å²) in [5, 5.41) is 8.63. The van der Waals surface area contributed by atoms with Gasteiger partial charge in [-0.25, -0.2) is 9.67 Å². The molecule has 0 atom stereocenters. The van der Waals surface area contributed by atoms with E-state index in [1.54, 1.807) is 4.68 Å². The molecule has 3 rings (SSSR count). The monoisotopic (exact) mass is 217 g/mol. The molecule has 3 heterocycles. The second-order valence-corrected chi connectivity index (χ2v) is 4.18. The zero-order chi connectivity index (χ0) is 11.3. The average Bonchev–Trinajstić information content (AvgIpc) is 2.83. The smallest absolute Gasteiger partial charge is 0.160 e. The lowest BCUT2D eigenvalue weighted by Crippen LogP contribution is -2.02. The molecule has 84 valence electrons. The summed E-state index contributed by atoms with van der Waals surface area (Å²) in [4.78, 5) is 4.67. The van der Waals surface area contributed by atoms with Crippen LogP contribution in [0.15, 0.2) is 0 Å². The van der Waals surface area contributed by atoms with Gasteiger partial charge < -0.3 is 11.1 Å². The van der Waals surface area contributed by atoms with Gasteiger partial charge in [-0.3, -0.25) is 0 Å². The van der Waals surface area contributed by atoms with E-state index in [0.29, 0.717) is 5.82 Å². The van der Waals surface area contributed by atoms with Crippen LogP contribution in [0.5, 0.6) is 0 Å². The Kier molecular flexibility index (Phi) is 1.91. The van der Waals surface area contributed by atoms with E-state index in [1.807, 2.05) is 7.05 Å². The van der Waals surface area contributed by atoms with Gasteiger partial charge in [-0.2, -0.15) is 5.10 Å². The highest BCUT2D eigenvalue weighted by Crippen LogP contribution is 2.30. The third-order valence-electron chi connectivity index (χ3n) is 3.24. The Hall–Kier alpha value is -1.62. The number of aryl methyl sites for hydroxylation is 2. The van der Waals surface area contributed by atoms with Crippen LogP contribution >= 0.6 is 0 Å². The van der Waals surface area contributed by atoms with E-state index in [9.17, 15) is 0 Å². The minimum absolute atomic E-state index is 0.590. The number of hydrogen-bond donors (Lipinski definition) is 2. The number of pyridine rings is 1. The normalized spacial score (nSPS) is 14.6. The van der Waals surface area contributed by atoms with E-state index in [0.717, 1.165) is 36.2 Å². The molecule has 0 fully saturated rings. The lowest BCUT2D eigenvalue weighted by Gasteiger charge is -2.06. The molecular weight excluding hydrogens is 202 g/mol. The van der Waals surface area contributed by atoms with Gasteiger partial charge in [0.15, 0.2) is 11.5 Å². The number of hydrogen-bond acceptors (Lipinski definition) is 4. The lowest BCUT2D eigenvalue weighted by atomic mass is 10.0. The predicted molar refractivity (Wildman–Crippen MR) is 62.8 cm³/mol. The molecule has 0 aliphatic carbocycles. The Morgan fingerprint density at radius 2 is 2.12 bits per heavy atom. The third-order valence-corrected chi connectivity index (χ3v) is 3.24. The van der Waals surface area contributed by atoms with Crippen LogP contribution in [-0.4, -0.2) is 14.8 Å². The lowest BCUT2D eigenvalue weighted by molar-refractivity contribution is 0.759. The molecule has 0 radical (unpaired) electrons. The zero-order valence-electron chi connectivity index (χ0n) is 9.54. The molecule has 0 unspecified atom stereocenters. The number of rotatable bonds is 1. The van der Waals surface area contributed by atoms with Crippen LogP contribution in [0.25, 0.3) is 11.0 Å². The first-order chi connectivity index (χ1) is 7.72. The first kappa shape index (κ1) is 9.59. The van der Waals surface area contributed by atoms with Crippen molar-refractivity contribution in [2.45, 2.75) is 26.4 Å². The zero-order valence-corrected chi connectivity index (χ0v) is 9.54. The summed E-state index contributed by atoms with van der Waals surface area (Å²) in [6.07, 6.45) is 0.949. The molecule has 0 saturated carbocycles. The topological polar surface area (TPSA) is 68.8 Å². The molecule has 1 aliphatic rings. The number of nitrogens with zero attached hydrogens (tertiary/aromatic N) is 3. The van der Waals surface area contributed by atoms with Crippen LogP contribution in [0, 0.1) is 0 Å². The van der Waals surface area contributed by atoms with E-state index in [1.165, 1.54) is 11.1 Å². The van der Waals surface area contributed by atoms with Crippen molar-refractivity contribution in [1.82, 2.24) is 20.1 Å². The standard InChI is InChI=1S/C11H15N5/c1-3-8-6-4-13-5-7(6)9-10(12)15-16(2)11(9)14-8/h13H,3-5H2,1-2H3,(H2,12,15). The first-order valence-electron chi connectivity index (χ1n) is 5.56. The van der Waals surface area contributed by atoms with E-state index in [4.69, 9.17) is 5.73 Å². The molecule has 3 N–H and O–H groups in total. The molecule has 0 spiro atoms. The highest BCUT2D eigenvalue weighted by Gasteiger charge is 2.22. The first-order valence-corrected chi connectivity index (χ1v) is 5.56. The van der Waals surface area contributed by atoms with Crippen LogP contribution in [0.4, 0.5) is 5.82 Å². The van der Waals surface area contributed by atoms with Gasteiger partial charge in [-0.15, -0.1) is 0 Å². The predicted octanol–water partition coefficient (Wildman–Crippen LogP) is 0.716. The van der Waals surface area contributed by atoms with Crippen molar-refractivity contribution < 1.29 is 0 Å². The number of fused-ring (bicyclic) bond motifs is 3. The van der Waals surface area contributed by atoms with Gasteiger partial charge in [0.1, 0.15) is 0 Å². The average molecular weight is 217 g/mol. The Labute approximate surface area is 93.6 Å². The summed E-state index contributed by atoms with van der Waals surface area (Å²) in [6.45, 7) is 3.90. The Bertz CT molecular complexity index is 569. The van der Waals surface area contributed by atoms with Gasteiger partial charge in [0, 0.05) is 25.8 Å². The molecule has 2 aromatic heterocycles. The fraction of sp³-hybridized carbons (Fsp3) is 0.455. The molecule has 0 bridgehead atoms. The SMILES string of the molecule is CCc1nc2c(c(N)nn2C)c2c1CNC2. The number of nitrogen functional groups attached to an aromatic ring is 1. The Balaban J connectivity index is 2.45. The molecule has 0 amide bonds. The molecular formula is C11H15N5. The maximum absolute atomic E-state index is 5.94. The van der Waals surface area contributed by atoms with Crippen LogP contribution in [-0.2, 0) is 26.6 Å². The molecule has 1 aliphatic heterocycles. The summed E-state index contributed by atoms with van der Waals surface area (Å²) in [7, 11) is 1.89. The van der Waals surface area contributed by atoms with Gasteiger partial charge in [-0.1, -0.05) is 6.92 Å². The summed E-state index contributed by atoms with van der Waals surface area (Å²) in [6, 6.07) is 0. The third kappa shape index (κ3) is 1.09. The van der Waals surface area contributed by atoms with E-state index in [-0.39, 0.29) is 0 Å². The second-order valence-electron chi connectivity index (χ2n) is 4.18. The van der Waals surface area contributed by atoms with Gasteiger partial charge in [-0.05, 0) is 17.5 Å². The van der Waals surface area contributed by atoms with Crippen LogP contribution in [0.2, 0.25) is 0 Å². The van der Waals surface area contributed by atoms with Crippen LogP contribution in [0.1, 0.15) is 23.7 Å². The molecule has 0 aromatic carbocycles. The van der Waals surface area contributed by atoms with Gasteiger partial charge in [0.25, 0.3) is 0 Å². The molecule has 2 aromatic rings. The minimum atomic E-state index is 0.590. The molecule has 5 heteroatoms. The van der Waals surface area contributed by atoms with E-state index < -0.39 is 0 Å². The van der Waals surface area contributed by atoms with Crippen molar-refractivity contribution in [3.05, 3.63) is 16.8 Å². The Morgan fingerprint density at radius 1 is 1.38 bits per heavy atom. The molecule has 0 saturated heterocycles. The summed E-state index contributed by atoms with van der Waals surface area (Å²) in [5.41, 5.74) is 10.6. The quantitative estimate of drug-likeness (QED) is 0.738. The second kappa shape index (κ2) is 3.18. The summed E-state index contributed by atoms with van der Waals surface area (Å²) < 4.78 is 1.77. The van der Waals surface area contributed by atoms with Crippen molar-refractivity contribution >= 4 is 16.9 Å². The van der Waals surface area contributed by atoms with Gasteiger partial charge >= 0.3 is 0 Å². The fourth-order valence-corrected chi connectivity index (χ4v) is 2.48. The van der Waals surface area contributed by atoms with Crippen molar-refractivity contribution in [3.8, 4) is 0 Å². The number of aromatic nitrogens is 3. The van der Waals surface area contributed by atoms with Crippen LogP contribution in [0.3, 0.4) is 0 Å². The van der Waals surface area contributed by atoms with Crippen molar-refractivity contribution in [2.75, 3.05) is 5.73 Å². The van der Waals surface area contributed by atoms with Crippen LogP contribution < -0.4 is 11.1 Å². The van der Waals surface area contributed by atoms with Gasteiger partial charge in [0.05, 0.1) is 5.39 Å². The molecule has 5 nitrogen and oxygen atoms in total. The highest BCUT2D eigenvalue weighted by atomic mass is 15.3. The largest absolute Gasteiger partial charge is 0.382 e. The fourth-order valence-electron chi connectivity index (χ4n) is 2.48. The van der Waals surface area contributed by atoms with Gasteiger partial charge in [0.2, 0.25) is 0 Å².